The van der Waals surface area contributed by atoms with E-state index >= 15 is 0 Å². The van der Waals surface area contributed by atoms with Gasteiger partial charge in [-0.1, -0.05) is 63.6 Å². The summed E-state index contributed by atoms with van der Waals surface area (Å²) >= 11 is 0. The number of phenols is 1. The first-order valence-corrected chi connectivity index (χ1v) is 10.9. The zero-order valence-electron chi connectivity index (χ0n) is 15.7. The first-order chi connectivity index (χ1) is 12.9. The molecule has 0 heterocycles. The van der Waals surface area contributed by atoms with E-state index in [1.807, 2.05) is 18.2 Å². The van der Waals surface area contributed by atoms with Crippen molar-refractivity contribution in [1.29, 1.82) is 0 Å². The van der Waals surface area contributed by atoms with Crippen molar-refractivity contribution in [1.82, 2.24) is 0 Å². The second kappa shape index (κ2) is 10.3. The highest BCUT2D eigenvalue weighted by atomic mass is 32.2. The number of para-hydroxylation sites is 1. The molecule has 0 unspecified atom stereocenters. The molecule has 5 nitrogen and oxygen atoms in total. The van der Waals surface area contributed by atoms with E-state index in [1.165, 1.54) is 50.7 Å². The molecular weight excluding hydrogens is 364 g/mol. The lowest BCUT2D eigenvalue weighted by atomic mass is 10.0. The Balaban J connectivity index is 1.94. The van der Waals surface area contributed by atoms with Crippen LogP contribution in [0.3, 0.4) is 0 Å². The lowest BCUT2D eigenvalue weighted by Crippen LogP contribution is -1.99. The van der Waals surface area contributed by atoms with Gasteiger partial charge in [0.05, 0.1) is 0 Å². The first-order valence-electron chi connectivity index (χ1n) is 9.48. The summed E-state index contributed by atoms with van der Waals surface area (Å²) in [6, 6.07) is 11.5. The number of hydrogen-bond acceptors (Lipinski definition) is 4. The van der Waals surface area contributed by atoms with E-state index in [0.29, 0.717) is 5.75 Å². The Morgan fingerprint density at radius 2 is 1.59 bits per heavy atom. The van der Waals surface area contributed by atoms with Crippen LogP contribution in [0.4, 0.5) is 0 Å². The molecule has 6 heteroatoms. The minimum Gasteiger partial charge on any atom is -0.503 e. The van der Waals surface area contributed by atoms with Crippen molar-refractivity contribution in [2.24, 2.45) is 0 Å². The van der Waals surface area contributed by atoms with Gasteiger partial charge in [0, 0.05) is 0 Å². The molecule has 0 amide bonds. The Morgan fingerprint density at radius 1 is 0.926 bits per heavy atom. The molecule has 0 saturated carbocycles. The maximum absolute atomic E-state index is 11.3. The second-order valence-electron chi connectivity index (χ2n) is 6.70. The molecule has 0 atom stereocenters. The molecule has 148 valence electrons. The predicted molar refractivity (Wildman–Crippen MR) is 106 cm³/mol. The monoisotopic (exact) mass is 392 g/mol. The largest absolute Gasteiger partial charge is 0.503 e. The number of unbranched alkanes of at least 4 members (excludes halogenated alkanes) is 6. The second-order valence-corrected chi connectivity index (χ2v) is 8.09. The molecule has 0 aliphatic rings. The van der Waals surface area contributed by atoms with Gasteiger partial charge in [0.25, 0.3) is 10.1 Å². The van der Waals surface area contributed by atoms with Crippen molar-refractivity contribution in [3.8, 4) is 17.2 Å². The summed E-state index contributed by atoms with van der Waals surface area (Å²) in [6.45, 7) is 2.22. The van der Waals surface area contributed by atoms with Gasteiger partial charge in [0.2, 0.25) is 0 Å². The van der Waals surface area contributed by atoms with E-state index in [4.69, 9.17) is 9.29 Å². The molecule has 2 aromatic rings. The number of ether oxygens (including phenoxy) is 1. The molecule has 2 aromatic carbocycles. The molecule has 0 aliphatic heterocycles. The average molecular weight is 393 g/mol. The minimum atomic E-state index is -4.51. The van der Waals surface area contributed by atoms with Crippen molar-refractivity contribution in [3.05, 3.63) is 48.0 Å². The van der Waals surface area contributed by atoms with Gasteiger partial charge in [-0.2, -0.15) is 8.42 Å². The number of phenolic OH excluding ortho intramolecular Hbond substituents is 1. The third kappa shape index (κ3) is 6.88. The SMILES string of the molecule is CCCCCCCCCc1cccc(Oc2cccc(S(=O)(=O)O)c2O)c1. The van der Waals surface area contributed by atoms with Crippen molar-refractivity contribution in [3.63, 3.8) is 0 Å². The summed E-state index contributed by atoms with van der Waals surface area (Å²) < 4.78 is 37.3. The van der Waals surface area contributed by atoms with E-state index in [0.717, 1.165) is 24.5 Å². The molecule has 0 radical (unpaired) electrons. The van der Waals surface area contributed by atoms with Crippen LogP contribution in [0.15, 0.2) is 47.4 Å². The van der Waals surface area contributed by atoms with E-state index in [9.17, 15) is 13.5 Å². The van der Waals surface area contributed by atoms with Gasteiger partial charge >= 0.3 is 0 Å². The quantitative estimate of drug-likeness (QED) is 0.377. The van der Waals surface area contributed by atoms with Crippen molar-refractivity contribution in [2.75, 3.05) is 0 Å². The van der Waals surface area contributed by atoms with Crippen LogP contribution in [0.5, 0.6) is 17.2 Å². The average Bonchev–Trinajstić information content (AvgIpc) is 2.62. The smallest absolute Gasteiger partial charge is 0.298 e. The zero-order valence-corrected chi connectivity index (χ0v) is 16.5. The topological polar surface area (TPSA) is 83.8 Å². The fourth-order valence-electron chi connectivity index (χ4n) is 2.97. The molecule has 0 aromatic heterocycles. The summed E-state index contributed by atoms with van der Waals surface area (Å²) in [4.78, 5) is -0.570. The van der Waals surface area contributed by atoms with Gasteiger partial charge in [-0.3, -0.25) is 4.55 Å². The van der Waals surface area contributed by atoms with Crippen LogP contribution in [0.2, 0.25) is 0 Å². The van der Waals surface area contributed by atoms with E-state index in [-0.39, 0.29) is 5.75 Å². The van der Waals surface area contributed by atoms with Gasteiger partial charge in [-0.05, 0) is 42.7 Å². The molecule has 2 N–H and O–H groups in total. The van der Waals surface area contributed by atoms with Gasteiger partial charge < -0.3 is 9.84 Å². The Morgan fingerprint density at radius 3 is 2.30 bits per heavy atom. The third-order valence-corrected chi connectivity index (χ3v) is 5.32. The standard InChI is InChI=1S/C21H28O5S/c1-2-3-4-5-6-7-8-11-17-12-9-13-18(16-17)26-19-14-10-15-20(21(19)22)27(23,24)25/h9-10,12-16,22H,2-8,11H2,1H3,(H,23,24,25). The predicted octanol–water partition coefficient (Wildman–Crippen LogP) is 5.72. The molecule has 0 saturated heterocycles. The van der Waals surface area contributed by atoms with Gasteiger partial charge in [0.15, 0.2) is 11.5 Å². The first kappa shape index (κ1) is 21.3. The fraction of sp³-hybridized carbons (Fsp3) is 0.429. The number of benzene rings is 2. The summed E-state index contributed by atoms with van der Waals surface area (Å²) in [5.74, 6) is -0.103. The highest BCUT2D eigenvalue weighted by molar-refractivity contribution is 7.86. The highest BCUT2D eigenvalue weighted by Crippen LogP contribution is 2.36. The minimum absolute atomic E-state index is 0.0156. The maximum atomic E-state index is 11.3. The summed E-state index contributed by atoms with van der Waals surface area (Å²) in [5, 5.41) is 10.1. The van der Waals surface area contributed by atoms with Gasteiger partial charge in [-0.15, -0.1) is 0 Å². The number of rotatable bonds is 11. The normalized spacial score (nSPS) is 11.5. The number of aryl methyl sites for hydroxylation is 1. The summed E-state index contributed by atoms with van der Waals surface area (Å²) in [7, 11) is -4.51. The number of hydrogen-bond donors (Lipinski definition) is 2. The zero-order chi connectivity index (χ0) is 19.7. The summed E-state index contributed by atoms with van der Waals surface area (Å²) in [5.41, 5.74) is 1.13. The van der Waals surface area contributed by atoms with Crippen LogP contribution in [0, 0.1) is 0 Å². The van der Waals surface area contributed by atoms with Crippen LogP contribution in [0.1, 0.15) is 57.4 Å². The van der Waals surface area contributed by atoms with E-state index < -0.39 is 20.8 Å². The van der Waals surface area contributed by atoms with Crippen molar-refractivity contribution >= 4 is 10.1 Å². The highest BCUT2D eigenvalue weighted by Gasteiger charge is 2.19. The number of aromatic hydroxyl groups is 1. The molecule has 0 bridgehead atoms. The van der Waals surface area contributed by atoms with E-state index in [2.05, 4.69) is 6.92 Å². The third-order valence-electron chi connectivity index (χ3n) is 4.44. The Labute approximate surface area is 161 Å². The van der Waals surface area contributed by atoms with Crippen molar-refractivity contribution < 1.29 is 22.8 Å². The Bertz CT molecular complexity index is 830. The Kier molecular flexibility index (Phi) is 8.13. The molecule has 0 spiro atoms. The molecule has 0 aliphatic carbocycles. The van der Waals surface area contributed by atoms with E-state index in [1.54, 1.807) is 6.07 Å². The van der Waals surface area contributed by atoms with Crippen LogP contribution >= 0.6 is 0 Å². The van der Waals surface area contributed by atoms with Crippen LogP contribution in [-0.4, -0.2) is 18.1 Å². The lowest BCUT2D eigenvalue weighted by molar-refractivity contribution is 0.395. The van der Waals surface area contributed by atoms with Gasteiger partial charge in [-0.25, -0.2) is 0 Å². The van der Waals surface area contributed by atoms with Crippen molar-refractivity contribution in [2.45, 2.75) is 63.2 Å². The Hall–Kier alpha value is -2.05. The fourth-order valence-corrected chi connectivity index (χ4v) is 3.57. The molecular formula is C21H28O5S. The summed E-state index contributed by atoms with van der Waals surface area (Å²) in [6.07, 6.45) is 9.69. The molecule has 0 fully saturated rings. The van der Waals surface area contributed by atoms with Crippen LogP contribution in [-0.2, 0) is 16.5 Å². The molecule has 27 heavy (non-hydrogen) atoms. The van der Waals surface area contributed by atoms with Crippen LogP contribution in [0.25, 0.3) is 0 Å². The lowest BCUT2D eigenvalue weighted by Gasteiger charge is -2.11. The van der Waals surface area contributed by atoms with Gasteiger partial charge in [0.1, 0.15) is 10.6 Å². The van der Waals surface area contributed by atoms with Crippen LogP contribution < -0.4 is 4.74 Å². The molecule has 2 rings (SSSR count). The maximum Gasteiger partial charge on any atom is 0.298 e.